The van der Waals surface area contributed by atoms with Crippen LogP contribution in [0.1, 0.15) is 25.8 Å². The lowest BCUT2D eigenvalue weighted by atomic mass is 10.0. The van der Waals surface area contributed by atoms with Gasteiger partial charge in [-0.25, -0.2) is 0 Å². The van der Waals surface area contributed by atoms with Crippen molar-refractivity contribution in [3.05, 3.63) is 29.8 Å². The average Bonchev–Trinajstić information content (AvgIpc) is 2.73. The average molecular weight is 232 g/mol. The van der Waals surface area contributed by atoms with Gasteiger partial charge in [-0.2, -0.15) is 0 Å². The first kappa shape index (κ1) is 12.4. The molecule has 0 saturated carbocycles. The second-order valence-corrected chi connectivity index (χ2v) is 5.17. The predicted molar refractivity (Wildman–Crippen MR) is 74.6 cm³/mol. The Morgan fingerprint density at radius 3 is 2.53 bits per heavy atom. The number of nitrogens with one attached hydrogen (secondary N) is 1. The topological polar surface area (TPSA) is 15.3 Å². The Hall–Kier alpha value is -1.02. The van der Waals surface area contributed by atoms with Crippen LogP contribution in [0.4, 0.5) is 5.69 Å². The van der Waals surface area contributed by atoms with Gasteiger partial charge in [0.1, 0.15) is 0 Å². The summed E-state index contributed by atoms with van der Waals surface area (Å²) in [5.74, 6) is 0.788. The maximum atomic E-state index is 3.53. The number of anilines is 1. The van der Waals surface area contributed by atoms with E-state index in [4.69, 9.17) is 0 Å². The first-order valence-electron chi connectivity index (χ1n) is 6.75. The fraction of sp³-hybridized carbons (Fsp3) is 0.600. The van der Waals surface area contributed by atoms with Crippen LogP contribution in [0.5, 0.6) is 0 Å². The quantitative estimate of drug-likeness (QED) is 0.858. The highest BCUT2D eigenvalue weighted by molar-refractivity contribution is 5.47. The molecule has 1 saturated heterocycles. The lowest BCUT2D eigenvalue weighted by molar-refractivity contribution is 0.471. The first-order chi connectivity index (χ1) is 8.20. The van der Waals surface area contributed by atoms with E-state index in [1.165, 1.54) is 30.8 Å². The summed E-state index contributed by atoms with van der Waals surface area (Å²) in [4.78, 5) is 2.49. The van der Waals surface area contributed by atoms with Crippen LogP contribution in [-0.4, -0.2) is 25.7 Å². The van der Waals surface area contributed by atoms with Crippen LogP contribution in [0.2, 0.25) is 0 Å². The molecule has 2 unspecified atom stereocenters. The van der Waals surface area contributed by atoms with Gasteiger partial charge in [-0.15, -0.1) is 0 Å². The Kier molecular flexibility index (Phi) is 4.06. The molecule has 17 heavy (non-hydrogen) atoms. The number of rotatable bonds is 4. The van der Waals surface area contributed by atoms with Crippen molar-refractivity contribution >= 4 is 5.69 Å². The summed E-state index contributed by atoms with van der Waals surface area (Å²) >= 11 is 0. The highest BCUT2D eigenvalue weighted by atomic mass is 15.1. The van der Waals surface area contributed by atoms with Crippen LogP contribution in [0.15, 0.2) is 24.3 Å². The van der Waals surface area contributed by atoms with Gasteiger partial charge >= 0.3 is 0 Å². The van der Waals surface area contributed by atoms with Gasteiger partial charge in [0, 0.05) is 24.8 Å². The minimum Gasteiger partial charge on any atom is -0.371 e. The molecular formula is C15H24N2. The van der Waals surface area contributed by atoms with Crippen molar-refractivity contribution in [2.24, 2.45) is 5.92 Å². The molecule has 0 bridgehead atoms. The normalized spacial score (nSPS) is 23.9. The van der Waals surface area contributed by atoms with Gasteiger partial charge < -0.3 is 10.2 Å². The molecule has 1 N–H and O–H groups in total. The molecule has 94 valence electrons. The lowest BCUT2D eigenvalue weighted by Crippen LogP contribution is -2.34. The van der Waals surface area contributed by atoms with Gasteiger partial charge in [-0.3, -0.25) is 0 Å². The Balaban J connectivity index is 2.03. The van der Waals surface area contributed by atoms with Gasteiger partial charge in [0.2, 0.25) is 0 Å². The van der Waals surface area contributed by atoms with Gasteiger partial charge in [0.15, 0.2) is 0 Å². The van der Waals surface area contributed by atoms with Crippen LogP contribution in [0.25, 0.3) is 0 Å². The zero-order valence-corrected chi connectivity index (χ0v) is 11.2. The molecule has 0 aromatic heterocycles. The van der Waals surface area contributed by atoms with Crippen molar-refractivity contribution in [1.82, 2.24) is 5.32 Å². The van der Waals surface area contributed by atoms with Crippen LogP contribution in [0, 0.1) is 12.8 Å². The molecule has 1 aliphatic heterocycles. The number of hydrogen-bond acceptors (Lipinski definition) is 2. The van der Waals surface area contributed by atoms with Gasteiger partial charge in [0.25, 0.3) is 0 Å². The molecule has 0 spiro atoms. The van der Waals surface area contributed by atoms with Crippen molar-refractivity contribution in [1.29, 1.82) is 0 Å². The number of aryl methyl sites for hydroxylation is 1. The van der Waals surface area contributed by atoms with E-state index in [1.807, 2.05) is 0 Å². The van der Waals surface area contributed by atoms with Gasteiger partial charge in [0.05, 0.1) is 0 Å². The molecule has 1 aromatic rings. The fourth-order valence-electron chi connectivity index (χ4n) is 2.62. The molecule has 2 heteroatoms. The molecule has 2 nitrogen and oxygen atoms in total. The molecule has 0 amide bonds. The Morgan fingerprint density at radius 2 is 2.00 bits per heavy atom. The third-order valence-corrected chi connectivity index (χ3v) is 3.92. The number of benzene rings is 1. The van der Waals surface area contributed by atoms with Crippen LogP contribution in [-0.2, 0) is 0 Å². The minimum absolute atomic E-state index is 0.662. The van der Waals surface area contributed by atoms with E-state index in [2.05, 4.69) is 55.3 Å². The lowest BCUT2D eigenvalue weighted by Gasteiger charge is -2.28. The van der Waals surface area contributed by atoms with E-state index < -0.39 is 0 Å². The maximum absolute atomic E-state index is 3.53. The summed E-state index contributed by atoms with van der Waals surface area (Å²) in [6.45, 7) is 10.1. The third kappa shape index (κ3) is 3.01. The summed E-state index contributed by atoms with van der Waals surface area (Å²) in [5, 5.41) is 3.53. The van der Waals surface area contributed by atoms with E-state index in [0.29, 0.717) is 6.04 Å². The third-order valence-electron chi connectivity index (χ3n) is 3.92. The summed E-state index contributed by atoms with van der Waals surface area (Å²) in [6, 6.07) is 9.55. The van der Waals surface area contributed by atoms with Crippen LogP contribution in [0.3, 0.4) is 0 Å². The predicted octanol–water partition coefficient (Wildman–Crippen LogP) is 2.82. The zero-order chi connectivity index (χ0) is 12.3. The molecule has 2 atom stereocenters. The summed E-state index contributed by atoms with van der Waals surface area (Å²) in [6.07, 6.45) is 1.31. The molecule has 2 rings (SSSR count). The van der Waals surface area contributed by atoms with Crippen LogP contribution >= 0.6 is 0 Å². The molecule has 0 radical (unpaired) electrons. The van der Waals surface area contributed by atoms with Gasteiger partial charge in [-0.05, 0) is 51.8 Å². The molecule has 1 aromatic carbocycles. The van der Waals surface area contributed by atoms with Crippen LogP contribution < -0.4 is 10.2 Å². The highest BCUT2D eigenvalue weighted by Gasteiger charge is 2.24. The van der Waals surface area contributed by atoms with E-state index >= 15 is 0 Å². The molecule has 1 aliphatic rings. The van der Waals surface area contributed by atoms with Crippen molar-refractivity contribution in [3.63, 3.8) is 0 Å². The largest absolute Gasteiger partial charge is 0.371 e. The highest BCUT2D eigenvalue weighted by Crippen LogP contribution is 2.21. The summed E-state index contributed by atoms with van der Waals surface area (Å²) < 4.78 is 0. The molecular weight excluding hydrogens is 208 g/mol. The standard InChI is InChI=1S/C15H24N2/c1-4-17(11-14-9-10-16-13(14)3)15-7-5-12(2)6-8-15/h5-8,13-14,16H,4,9-11H2,1-3H3. The first-order valence-corrected chi connectivity index (χ1v) is 6.75. The van der Waals surface area contributed by atoms with Crippen molar-refractivity contribution < 1.29 is 0 Å². The van der Waals surface area contributed by atoms with E-state index in [9.17, 15) is 0 Å². The SMILES string of the molecule is CCN(CC1CCNC1C)c1ccc(C)cc1. The molecule has 1 heterocycles. The van der Waals surface area contributed by atoms with E-state index in [-0.39, 0.29) is 0 Å². The van der Waals surface area contributed by atoms with Crippen molar-refractivity contribution in [3.8, 4) is 0 Å². The smallest absolute Gasteiger partial charge is 0.0366 e. The number of hydrogen-bond donors (Lipinski definition) is 1. The van der Waals surface area contributed by atoms with E-state index in [1.54, 1.807) is 0 Å². The molecule has 0 aliphatic carbocycles. The molecule has 1 fully saturated rings. The van der Waals surface area contributed by atoms with Crippen molar-refractivity contribution in [2.45, 2.75) is 33.2 Å². The monoisotopic (exact) mass is 232 g/mol. The zero-order valence-electron chi connectivity index (χ0n) is 11.2. The van der Waals surface area contributed by atoms with Gasteiger partial charge in [-0.1, -0.05) is 17.7 Å². The maximum Gasteiger partial charge on any atom is 0.0366 e. The Morgan fingerprint density at radius 1 is 1.29 bits per heavy atom. The fourth-order valence-corrected chi connectivity index (χ4v) is 2.62. The number of nitrogens with zero attached hydrogens (tertiary/aromatic N) is 1. The minimum atomic E-state index is 0.662. The summed E-state index contributed by atoms with van der Waals surface area (Å²) in [5.41, 5.74) is 2.69. The summed E-state index contributed by atoms with van der Waals surface area (Å²) in [7, 11) is 0. The Labute approximate surface area is 105 Å². The van der Waals surface area contributed by atoms with Crippen molar-refractivity contribution in [2.75, 3.05) is 24.5 Å². The van der Waals surface area contributed by atoms with E-state index in [0.717, 1.165) is 12.5 Å². The Bertz CT molecular complexity index is 344. The second kappa shape index (κ2) is 5.54. The second-order valence-electron chi connectivity index (χ2n) is 5.17.